The number of rotatable bonds is 12. The van der Waals surface area contributed by atoms with Gasteiger partial charge in [-0.1, -0.05) is 18.2 Å². The largest absolute Gasteiger partial charge is 0.481 e. The summed E-state index contributed by atoms with van der Waals surface area (Å²) in [5, 5.41) is 25.3. The number of carboxylic acid groups (broad SMARTS) is 2. The van der Waals surface area contributed by atoms with Gasteiger partial charge in [0, 0.05) is 45.1 Å². The predicted molar refractivity (Wildman–Crippen MR) is 155 cm³/mol. The van der Waals surface area contributed by atoms with Gasteiger partial charge in [-0.2, -0.15) is 5.10 Å². The summed E-state index contributed by atoms with van der Waals surface area (Å²) in [7, 11) is 0. The van der Waals surface area contributed by atoms with Crippen molar-refractivity contribution in [2.75, 3.05) is 45.9 Å². The molecule has 0 radical (unpaired) electrons. The molecule has 2 unspecified atom stereocenters. The topological polar surface area (TPSA) is 201 Å². The third-order valence-electron chi connectivity index (χ3n) is 7.50. The van der Waals surface area contributed by atoms with Crippen molar-refractivity contribution in [1.29, 1.82) is 0 Å². The van der Waals surface area contributed by atoms with Crippen molar-refractivity contribution in [3.8, 4) is 11.6 Å². The van der Waals surface area contributed by atoms with Gasteiger partial charge in [0.05, 0.1) is 18.8 Å². The molecule has 2 aliphatic heterocycles. The Kier molecular flexibility index (Phi) is 10.9. The lowest BCUT2D eigenvalue weighted by atomic mass is 10.1. The lowest BCUT2D eigenvalue weighted by molar-refractivity contribution is -0.149. The van der Waals surface area contributed by atoms with Crippen molar-refractivity contribution >= 4 is 35.8 Å². The molecule has 4 amide bonds. The number of alkyl halides is 2. The van der Waals surface area contributed by atoms with E-state index in [0.717, 1.165) is 10.7 Å². The Hall–Kier alpha value is -5.29. The first-order valence-electron chi connectivity index (χ1n) is 14.7. The van der Waals surface area contributed by atoms with E-state index in [4.69, 9.17) is 9.47 Å². The van der Waals surface area contributed by atoms with E-state index in [1.807, 2.05) is 0 Å². The minimum Gasteiger partial charge on any atom is -0.481 e. The van der Waals surface area contributed by atoms with Gasteiger partial charge in [-0.25, -0.2) is 23.1 Å². The van der Waals surface area contributed by atoms with Crippen LogP contribution in [0, 0.1) is 0 Å². The second-order valence-electron chi connectivity index (χ2n) is 10.8. The number of ether oxygens (including phenoxy) is 2. The van der Waals surface area contributed by atoms with Crippen LogP contribution in [0.25, 0.3) is 5.69 Å². The van der Waals surface area contributed by atoms with E-state index in [0.29, 0.717) is 10.6 Å². The molecule has 2 fully saturated rings. The van der Waals surface area contributed by atoms with Crippen LogP contribution in [0.15, 0.2) is 36.4 Å². The molecule has 0 aliphatic carbocycles. The molecule has 16 nitrogen and oxygen atoms in total. The molecule has 18 heteroatoms. The van der Waals surface area contributed by atoms with Crippen molar-refractivity contribution in [2.24, 2.45) is 0 Å². The molecule has 254 valence electrons. The van der Waals surface area contributed by atoms with E-state index < -0.39 is 79.8 Å². The number of piperazine rings is 1. The normalized spacial score (nSPS) is 17.9. The van der Waals surface area contributed by atoms with Gasteiger partial charge in [-0.3, -0.25) is 19.2 Å². The number of nitrogens with zero attached hydrogens (tertiary/aromatic N) is 5. The van der Waals surface area contributed by atoms with Gasteiger partial charge in [-0.05, 0) is 25.5 Å². The molecule has 4 rings (SSSR count). The molecular formula is C29H34F2N6O10. The van der Waals surface area contributed by atoms with E-state index in [1.165, 1.54) is 9.80 Å². The Morgan fingerprint density at radius 3 is 2.32 bits per heavy atom. The molecule has 3 heterocycles. The fraction of sp³-hybridized carbons (Fsp3) is 0.483. The number of hydrogen-bond donors (Lipinski definition) is 3. The molecule has 2 atom stereocenters. The highest BCUT2D eigenvalue weighted by Crippen LogP contribution is 2.32. The van der Waals surface area contributed by atoms with Crippen LogP contribution in [0.2, 0.25) is 0 Å². The summed E-state index contributed by atoms with van der Waals surface area (Å²) in [4.78, 5) is 77.7. The Morgan fingerprint density at radius 1 is 1.04 bits per heavy atom. The van der Waals surface area contributed by atoms with Crippen LogP contribution in [0.4, 0.5) is 13.6 Å². The summed E-state index contributed by atoms with van der Waals surface area (Å²) in [6.45, 7) is 0.500. The van der Waals surface area contributed by atoms with E-state index in [9.17, 15) is 47.8 Å². The lowest BCUT2D eigenvalue weighted by Crippen LogP contribution is -2.56. The second-order valence-corrected chi connectivity index (χ2v) is 10.8. The number of hydrogen-bond acceptors (Lipinski definition) is 9. The number of aromatic nitrogens is 2. The summed E-state index contributed by atoms with van der Waals surface area (Å²) < 4.78 is 39.5. The van der Waals surface area contributed by atoms with Gasteiger partial charge < -0.3 is 39.7 Å². The van der Waals surface area contributed by atoms with Crippen LogP contribution in [0.5, 0.6) is 5.88 Å². The van der Waals surface area contributed by atoms with Crippen LogP contribution in [-0.2, 0) is 23.9 Å². The molecule has 0 saturated carbocycles. The summed E-state index contributed by atoms with van der Waals surface area (Å²) in [6.07, 6.45) is -2.26. The maximum absolute atomic E-state index is 13.9. The third kappa shape index (κ3) is 8.71. The first-order chi connectivity index (χ1) is 22.3. The first-order valence-corrected chi connectivity index (χ1v) is 14.7. The number of likely N-dealkylation sites (tertiary alicyclic amines) is 1. The number of para-hydroxylation sites is 1. The fourth-order valence-electron chi connectivity index (χ4n) is 5.15. The smallest absolute Gasteiger partial charge is 0.409 e. The summed E-state index contributed by atoms with van der Waals surface area (Å²) in [5.41, 5.74) is 0.0933. The molecule has 0 spiro atoms. The highest BCUT2D eigenvalue weighted by Gasteiger charge is 2.50. The average Bonchev–Trinajstić information content (AvgIpc) is 3.63. The minimum absolute atomic E-state index is 0.122. The number of carbonyl (C=O) groups excluding carboxylic acids is 4. The van der Waals surface area contributed by atoms with Gasteiger partial charge in [0.1, 0.15) is 12.1 Å². The quantitative estimate of drug-likeness (QED) is 0.290. The lowest BCUT2D eigenvalue weighted by Gasteiger charge is -2.35. The summed E-state index contributed by atoms with van der Waals surface area (Å²) in [6, 6.07) is 6.32. The van der Waals surface area contributed by atoms with Gasteiger partial charge in [0.25, 0.3) is 17.7 Å². The third-order valence-corrected chi connectivity index (χ3v) is 7.50. The molecule has 1 aromatic heterocycles. The number of carboxylic acids is 2. The van der Waals surface area contributed by atoms with Crippen molar-refractivity contribution in [2.45, 2.75) is 44.2 Å². The molecule has 0 bridgehead atoms. The molecule has 2 saturated heterocycles. The zero-order valence-electron chi connectivity index (χ0n) is 25.3. The number of nitrogens with one attached hydrogen (secondary N) is 1. The minimum atomic E-state index is -3.39. The van der Waals surface area contributed by atoms with Crippen LogP contribution >= 0.6 is 0 Å². The SMILES string of the molecule is CCOC(=O)N1CCN(C(=O)C(CCC(=O)O)NC(=O)c2cc(OCC(=O)N3CC(F)(F)CC3C(=O)O)n(-c3ccccc3)n2)CC1. The molecule has 2 aromatic rings. The van der Waals surface area contributed by atoms with Gasteiger partial charge in [-0.15, -0.1) is 0 Å². The first kappa shape index (κ1) is 34.6. The highest BCUT2D eigenvalue weighted by molar-refractivity contribution is 5.96. The van der Waals surface area contributed by atoms with E-state index >= 15 is 0 Å². The Bertz CT molecular complexity index is 1500. The van der Waals surface area contributed by atoms with Crippen LogP contribution in [0.3, 0.4) is 0 Å². The van der Waals surface area contributed by atoms with Crippen LogP contribution in [-0.4, -0.2) is 134 Å². The van der Waals surface area contributed by atoms with Crippen LogP contribution < -0.4 is 10.1 Å². The number of aliphatic carboxylic acids is 2. The summed E-state index contributed by atoms with van der Waals surface area (Å²) >= 11 is 0. The second kappa shape index (κ2) is 14.9. The maximum atomic E-state index is 13.9. The Labute approximate surface area is 266 Å². The number of carbonyl (C=O) groups is 6. The maximum Gasteiger partial charge on any atom is 0.409 e. The fourth-order valence-corrected chi connectivity index (χ4v) is 5.15. The zero-order chi connectivity index (χ0) is 34.3. The van der Waals surface area contributed by atoms with Crippen molar-refractivity contribution in [1.82, 2.24) is 29.8 Å². The number of amides is 4. The number of halogens is 2. The molecule has 3 N–H and O–H groups in total. The van der Waals surface area contributed by atoms with Crippen molar-refractivity contribution < 1.29 is 57.2 Å². The Balaban J connectivity index is 1.51. The van der Waals surface area contributed by atoms with Crippen molar-refractivity contribution in [3.63, 3.8) is 0 Å². The van der Waals surface area contributed by atoms with Gasteiger partial charge in [0.2, 0.25) is 11.8 Å². The van der Waals surface area contributed by atoms with Gasteiger partial charge >= 0.3 is 18.0 Å². The molecule has 2 aliphatic rings. The standard InChI is InChI=1S/C29H34F2N6O10/c1-2-46-28(45)35-12-10-34(11-13-35)26(42)19(8-9-24(39)40)32-25(41)20-14-23(37(33-20)18-6-4-3-5-7-18)47-16-22(38)36-17-29(30,31)15-21(36)27(43)44/h3-7,14,19,21H,2,8-13,15-17H2,1H3,(H,32,41)(H,39,40)(H,43,44). The van der Waals surface area contributed by atoms with E-state index in [2.05, 4.69) is 10.4 Å². The van der Waals surface area contributed by atoms with E-state index in [-0.39, 0.29) is 50.8 Å². The molecule has 47 heavy (non-hydrogen) atoms. The predicted octanol–water partition coefficient (Wildman–Crippen LogP) is 0.836. The van der Waals surface area contributed by atoms with Crippen molar-refractivity contribution in [3.05, 3.63) is 42.1 Å². The van der Waals surface area contributed by atoms with Gasteiger partial charge in [0.15, 0.2) is 12.3 Å². The molecular weight excluding hydrogens is 630 g/mol. The summed E-state index contributed by atoms with van der Waals surface area (Å²) in [5.74, 6) is -8.81. The molecule has 1 aromatic carbocycles. The number of benzene rings is 1. The Morgan fingerprint density at radius 2 is 1.70 bits per heavy atom. The average molecular weight is 665 g/mol. The van der Waals surface area contributed by atoms with E-state index in [1.54, 1.807) is 37.3 Å². The zero-order valence-corrected chi connectivity index (χ0v) is 25.3. The van der Waals surface area contributed by atoms with Crippen LogP contribution in [0.1, 0.15) is 36.7 Å². The monoisotopic (exact) mass is 664 g/mol. The highest BCUT2D eigenvalue weighted by atomic mass is 19.3.